The van der Waals surface area contributed by atoms with Crippen molar-refractivity contribution < 1.29 is 9.53 Å². The van der Waals surface area contributed by atoms with Crippen molar-refractivity contribution in [3.8, 4) is 5.88 Å². The molecule has 8 heteroatoms. The monoisotopic (exact) mass is 358 g/mol. The van der Waals surface area contributed by atoms with Crippen LogP contribution in [0.4, 0.5) is 0 Å². The van der Waals surface area contributed by atoms with Crippen LogP contribution in [0.25, 0.3) is 0 Å². The second-order valence-corrected chi connectivity index (χ2v) is 6.88. The summed E-state index contributed by atoms with van der Waals surface area (Å²) in [6.45, 7) is 8.72. The highest BCUT2D eigenvalue weighted by Crippen LogP contribution is 2.29. The lowest BCUT2D eigenvalue weighted by atomic mass is 10.1. The number of rotatable bonds is 7. The molecule has 140 valence electrons. The van der Waals surface area contributed by atoms with Gasteiger partial charge < -0.3 is 14.2 Å². The van der Waals surface area contributed by atoms with Gasteiger partial charge in [-0.3, -0.25) is 9.69 Å². The Morgan fingerprint density at radius 2 is 2.12 bits per heavy atom. The number of aromatic nitrogens is 4. The van der Waals surface area contributed by atoms with E-state index in [4.69, 9.17) is 4.74 Å². The van der Waals surface area contributed by atoms with Crippen LogP contribution in [0.2, 0.25) is 0 Å². The summed E-state index contributed by atoms with van der Waals surface area (Å²) in [4.78, 5) is 21.2. The van der Waals surface area contributed by atoms with Crippen molar-refractivity contribution in [2.45, 2.75) is 53.0 Å². The summed E-state index contributed by atoms with van der Waals surface area (Å²) in [6.07, 6.45) is 1.74. The number of ether oxygens (including phenoxy) is 1. The molecule has 3 rings (SSSR count). The summed E-state index contributed by atoms with van der Waals surface area (Å²) in [6, 6.07) is 2.07. The van der Waals surface area contributed by atoms with Crippen LogP contribution in [0.3, 0.4) is 0 Å². The smallest absolute Gasteiger partial charge is 0.256 e. The fourth-order valence-electron chi connectivity index (χ4n) is 3.23. The van der Waals surface area contributed by atoms with Crippen molar-refractivity contribution in [2.24, 2.45) is 0 Å². The quantitative estimate of drug-likeness (QED) is 0.750. The molecule has 0 aromatic carbocycles. The number of methoxy groups -OCH3 is 1. The van der Waals surface area contributed by atoms with Crippen molar-refractivity contribution in [1.29, 1.82) is 0 Å². The molecule has 1 aliphatic rings. The maximum absolute atomic E-state index is 12.6. The van der Waals surface area contributed by atoms with Crippen molar-refractivity contribution >= 4 is 5.91 Å². The number of amides is 1. The molecule has 0 unspecified atom stereocenters. The van der Waals surface area contributed by atoms with Gasteiger partial charge in [0.2, 0.25) is 5.88 Å². The second-order valence-electron chi connectivity index (χ2n) is 6.88. The first kappa shape index (κ1) is 18.3. The maximum atomic E-state index is 12.6. The van der Waals surface area contributed by atoms with Crippen LogP contribution in [-0.2, 0) is 26.2 Å². The zero-order chi connectivity index (χ0) is 18.8. The van der Waals surface area contributed by atoms with Gasteiger partial charge >= 0.3 is 0 Å². The first-order valence-corrected chi connectivity index (χ1v) is 8.87. The Labute approximate surface area is 153 Å². The van der Waals surface area contributed by atoms with E-state index in [9.17, 15) is 4.79 Å². The summed E-state index contributed by atoms with van der Waals surface area (Å²) >= 11 is 0. The topological polar surface area (TPSA) is 76.4 Å². The lowest BCUT2D eigenvalue weighted by molar-refractivity contribution is 0.0730. The second kappa shape index (κ2) is 7.41. The van der Waals surface area contributed by atoms with E-state index >= 15 is 0 Å². The van der Waals surface area contributed by atoms with Gasteiger partial charge in [0.1, 0.15) is 12.2 Å². The lowest BCUT2D eigenvalue weighted by Gasteiger charge is -2.19. The number of fused-ring (bicyclic) bond motifs is 1. The molecule has 2 aromatic rings. The molecule has 2 aromatic heterocycles. The molecule has 3 heterocycles. The fourth-order valence-corrected chi connectivity index (χ4v) is 3.23. The largest absolute Gasteiger partial charge is 0.481 e. The van der Waals surface area contributed by atoms with Crippen LogP contribution >= 0.6 is 0 Å². The minimum atomic E-state index is 0.0415. The zero-order valence-corrected chi connectivity index (χ0v) is 16.1. The molecule has 0 saturated heterocycles. The van der Waals surface area contributed by atoms with Gasteiger partial charge in [0, 0.05) is 24.7 Å². The Balaban J connectivity index is 1.81. The number of pyridine rings is 1. The maximum Gasteiger partial charge on any atom is 0.256 e. The summed E-state index contributed by atoms with van der Waals surface area (Å²) < 4.78 is 7.49. The Kier molecular flexibility index (Phi) is 5.22. The van der Waals surface area contributed by atoms with E-state index < -0.39 is 0 Å². The number of carbonyl (C=O) groups is 1. The predicted octanol–water partition coefficient (Wildman–Crippen LogP) is 1.70. The first-order chi connectivity index (χ1) is 12.4. The Hall–Kier alpha value is -2.48. The lowest BCUT2D eigenvalue weighted by Crippen LogP contribution is -2.30. The SMILES string of the molecule is CCn1cnnc1CN(C)Cc1cc2c(nc1OC)CN(C(C)C)C2=O. The van der Waals surface area contributed by atoms with Crippen LogP contribution in [0.1, 0.15) is 48.2 Å². The molecule has 0 aliphatic carbocycles. The van der Waals surface area contributed by atoms with Crippen LogP contribution < -0.4 is 4.74 Å². The molecule has 0 atom stereocenters. The predicted molar refractivity (Wildman–Crippen MR) is 96.7 cm³/mol. The molecule has 1 amide bonds. The molecule has 0 bridgehead atoms. The third kappa shape index (κ3) is 3.41. The van der Waals surface area contributed by atoms with Gasteiger partial charge in [-0.05, 0) is 33.9 Å². The number of hydrogen-bond acceptors (Lipinski definition) is 6. The average molecular weight is 358 g/mol. The molecule has 0 N–H and O–H groups in total. The van der Waals surface area contributed by atoms with E-state index in [0.717, 1.165) is 23.6 Å². The van der Waals surface area contributed by atoms with Gasteiger partial charge in [-0.2, -0.15) is 0 Å². The molecule has 0 radical (unpaired) electrons. The third-order valence-corrected chi connectivity index (χ3v) is 4.66. The number of aryl methyl sites for hydroxylation is 1. The van der Waals surface area contributed by atoms with Gasteiger partial charge in [0.15, 0.2) is 0 Å². The Bertz CT molecular complexity index is 801. The highest BCUT2D eigenvalue weighted by molar-refractivity contribution is 5.98. The molecule has 0 spiro atoms. The van der Waals surface area contributed by atoms with Gasteiger partial charge in [-0.15, -0.1) is 10.2 Å². The standard InChI is InChI=1S/C18H26N6O2/c1-6-23-11-19-21-16(23)10-22(4)8-13-7-14-15(20-17(13)26-5)9-24(12(2)3)18(14)25/h7,11-12H,6,8-10H2,1-5H3. The van der Waals surface area contributed by atoms with E-state index in [1.54, 1.807) is 13.4 Å². The van der Waals surface area contributed by atoms with Crippen LogP contribution in [0, 0.1) is 0 Å². The van der Waals surface area contributed by atoms with Crippen molar-refractivity contribution in [2.75, 3.05) is 14.2 Å². The van der Waals surface area contributed by atoms with Gasteiger partial charge in [0.05, 0.1) is 31.5 Å². The molecular formula is C18H26N6O2. The summed E-state index contributed by atoms with van der Waals surface area (Å²) in [5, 5.41) is 8.14. The Morgan fingerprint density at radius 3 is 2.77 bits per heavy atom. The first-order valence-electron chi connectivity index (χ1n) is 8.87. The Morgan fingerprint density at radius 1 is 1.35 bits per heavy atom. The zero-order valence-electron chi connectivity index (χ0n) is 16.1. The van der Waals surface area contributed by atoms with Crippen LogP contribution in [0.5, 0.6) is 5.88 Å². The molecule has 0 fully saturated rings. The van der Waals surface area contributed by atoms with E-state index in [1.165, 1.54) is 0 Å². The highest BCUT2D eigenvalue weighted by atomic mass is 16.5. The average Bonchev–Trinajstić information content (AvgIpc) is 3.18. The minimum absolute atomic E-state index is 0.0415. The molecule has 1 aliphatic heterocycles. The van der Waals surface area contributed by atoms with E-state index in [2.05, 4.69) is 27.0 Å². The number of hydrogen-bond donors (Lipinski definition) is 0. The van der Waals surface area contributed by atoms with Gasteiger partial charge in [0.25, 0.3) is 5.91 Å². The summed E-state index contributed by atoms with van der Waals surface area (Å²) in [5.41, 5.74) is 2.37. The minimum Gasteiger partial charge on any atom is -0.481 e. The molecular weight excluding hydrogens is 332 g/mol. The highest BCUT2D eigenvalue weighted by Gasteiger charge is 2.32. The molecule has 8 nitrogen and oxygen atoms in total. The van der Waals surface area contributed by atoms with Gasteiger partial charge in [-0.25, -0.2) is 4.98 Å². The summed E-state index contributed by atoms with van der Waals surface area (Å²) in [7, 11) is 3.62. The normalized spacial score (nSPS) is 13.8. The van der Waals surface area contributed by atoms with E-state index in [0.29, 0.717) is 31.1 Å². The van der Waals surface area contributed by atoms with Crippen molar-refractivity contribution in [1.82, 2.24) is 29.5 Å². The van der Waals surface area contributed by atoms with Crippen LogP contribution in [-0.4, -0.2) is 55.7 Å². The third-order valence-electron chi connectivity index (χ3n) is 4.66. The summed E-state index contributed by atoms with van der Waals surface area (Å²) in [5.74, 6) is 1.52. The fraction of sp³-hybridized carbons (Fsp3) is 0.556. The molecule has 26 heavy (non-hydrogen) atoms. The van der Waals surface area contributed by atoms with Gasteiger partial charge in [-0.1, -0.05) is 0 Å². The number of carbonyl (C=O) groups excluding carboxylic acids is 1. The molecule has 0 saturated carbocycles. The van der Waals surface area contributed by atoms with Crippen molar-refractivity contribution in [3.05, 3.63) is 35.0 Å². The number of nitrogens with zero attached hydrogens (tertiary/aromatic N) is 6. The van der Waals surface area contributed by atoms with Crippen molar-refractivity contribution in [3.63, 3.8) is 0 Å². The van der Waals surface area contributed by atoms with E-state index in [1.807, 2.05) is 36.4 Å². The van der Waals surface area contributed by atoms with E-state index in [-0.39, 0.29) is 11.9 Å². The van der Waals surface area contributed by atoms with Crippen LogP contribution in [0.15, 0.2) is 12.4 Å².